The van der Waals surface area contributed by atoms with Gasteiger partial charge >= 0.3 is 5.97 Å². The summed E-state index contributed by atoms with van der Waals surface area (Å²) < 4.78 is 33.8. The molecule has 7 heteroatoms. The Balaban J connectivity index is 2.20. The molecule has 0 bridgehead atoms. The summed E-state index contributed by atoms with van der Waals surface area (Å²) in [6, 6.07) is -0.647. The van der Waals surface area contributed by atoms with Crippen LogP contribution in [0.2, 0.25) is 0 Å². The van der Waals surface area contributed by atoms with Crippen molar-refractivity contribution in [2.45, 2.75) is 64.5 Å². The van der Waals surface area contributed by atoms with Gasteiger partial charge in [-0.1, -0.05) is 6.42 Å². The Morgan fingerprint density at radius 1 is 1.10 bits per heavy atom. The highest BCUT2D eigenvalue weighted by Gasteiger charge is 2.42. The molecular formula is C14H26N2O4S. The van der Waals surface area contributed by atoms with Crippen LogP contribution in [0.15, 0.2) is 0 Å². The van der Waals surface area contributed by atoms with E-state index in [1.807, 2.05) is 6.92 Å². The molecule has 2 rings (SSSR count). The largest absolute Gasteiger partial charge is 0.465 e. The second kappa shape index (κ2) is 7.07. The van der Waals surface area contributed by atoms with E-state index < -0.39 is 22.2 Å². The van der Waals surface area contributed by atoms with Crippen LogP contribution in [-0.2, 0) is 19.7 Å². The Hall–Kier alpha value is -0.660. The standard InChI is InChI=1S/C14H26N2O4S/c1-3-20-14(17)13-9-5-7-11-16(13)21(18,19)15-10-6-4-8-12(15)2/h12-13H,3-11H2,1-2H3. The lowest BCUT2D eigenvalue weighted by Crippen LogP contribution is -2.56. The summed E-state index contributed by atoms with van der Waals surface area (Å²) in [6.07, 6.45) is 5.07. The van der Waals surface area contributed by atoms with E-state index >= 15 is 0 Å². The van der Waals surface area contributed by atoms with Gasteiger partial charge in [-0.25, -0.2) is 0 Å². The first kappa shape index (κ1) is 16.7. The molecule has 2 unspecified atom stereocenters. The number of carbonyl (C=O) groups is 1. The summed E-state index contributed by atoms with van der Waals surface area (Å²) in [5, 5.41) is 0. The molecule has 0 aromatic heterocycles. The van der Waals surface area contributed by atoms with E-state index in [-0.39, 0.29) is 12.6 Å². The first-order chi connectivity index (χ1) is 9.98. The van der Waals surface area contributed by atoms with Crippen LogP contribution in [0.5, 0.6) is 0 Å². The second-order valence-electron chi connectivity index (χ2n) is 5.84. The van der Waals surface area contributed by atoms with Gasteiger partial charge in [-0.15, -0.1) is 0 Å². The molecule has 122 valence electrons. The van der Waals surface area contributed by atoms with Gasteiger partial charge in [-0.3, -0.25) is 4.79 Å². The van der Waals surface area contributed by atoms with Crippen molar-refractivity contribution in [1.82, 2.24) is 8.61 Å². The van der Waals surface area contributed by atoms with E-state index in [1.54, 1.807) is 11.2 Å². The summed E-state index contributed by atoms with van der Waals surface area (Å²) in [5.74, 6) is -0.412. The molecule has 0 aromatic rings. The molecular weight excluding hydrogens is 292 g/mol. The van der Waals surface area contributed by atoms with Gasteiger partial charge in [0, 0.05) is 19.1 Å². The Labute approximate surface area is 127 Å². The summed E-state index contributed by atoms with van der Waals surface area (Å²) in [6.45, 7) is 4.93. The fourth-order valence-corrected chi connectivity index (χ4v) is 5.27. The molecule has 2 atom stereocenters. The second-order valence-corrected chi connectivity index (χ2v) is 7.67. The van der Waals surface area contributed by atoms with Crippen molar-refractivity contribution >= 4 is 16.2 Å². The lowest BCUT2D eigenvalue weighted by atomic mass is 10.1. The number of hydrogen-bond donors (Lipinski definition) is 0. The number of hydrogen-bond acceptors (Lipinski definition) is 4. The zero-order valence-electron chi connectivity index (χ0n) is 13.0. The van der Waals surface area contributed by atoms with Crippen molar-refractivity contribution in [3.05, 3.63) is 0 Å². The average Bonchev–Trinajstić information content (AvgIpc) is 2.48. The van der Waals surface area contributed by atoms with Gasteiger partial charge in [0.1, 0.15) is 6.04 Å². The maximum atomic E-state index is 12.9. The Kier molecular flexibility index (Phi) is 5.62. The third-order valence-electron chi connectivity index (χ3n) is 4.35. The highest BCUT2D eigenvalue weighted by molar-refractivity contribution is 7.86. The van der Waals surface area contributed by atoms with E-state index in [0.717, 1.165) is 32.1 Å². The maximum absolute atomic E-state index is 12.9. The molecule has 6 nitrogen and oxygen atoms in total. The molecule has 2 fully saturated rings. The summed E-state index contributed by atoms with van der Waals surface area (Å²) >= 11 is 0. The molecule has 0 aliphatic carbocycles. The minimum atomic E-state index is -3.58. The predicted octanol–water partition coefficient (Wildman–Crippen LogP) is 1.52. The van der Waals surface area contributed by atoms with E-state index in [4.69, 9.17) is 4.74 Å². The summed E-state index contributed by atoms with van der Waals surface area (Å²) in [7, 11) is -3.58. The minimum Gasteiger partial charge on any atom is -0.465 e. The average molecular weight is 318 g/mol. The third kappa shape index (κ3) is 3.57. The summed E-state index contributed by atoms with van der Waals surface area (Å²) in [4.78, 5) is 12.1. The molecule has 0 saturated carbocycles. The van der Waals surface area contributed by atoms with Gasteiger partial charge in [0.2, 0.25) is 0 Å². The molecule has 2 heterocycles. The highest BCUT2D eigenvalue weighted by atomic mass is 32.2. The predicted molar refractivity (Wildman–Crippen MR) is 79.9 cm³/mol. The molecule has 2 saturated heterocycles. The first-order valence-corrected chi connectivity index (χ1v) is 9.33. The molecule has 0 amide bonds. The van der Waals surface area contributed by atoms with Crippen molar-refractivity contribution in [3.8, 4) is 0 Å². The molecule has 0 N–H and O–H groups in total. The molecule has 2 aliphatic rings. The SMILES string of the molecule is CCOC(=O)C1CCCCN1S(=O)(=O)N1CCCCC1C. The molecule has 0 aromatic carbocycles. The van der Waals surface area contributed by atoms with Gasteiger partial charge < -0.3 is 4.74 Å². The fraction of sp³-hybridized carbons (Fsp3) is 0.929. The van der Waals surface area contributed by atoms with Crippen molar-refractivity contribution in [2.75, 3.05) is 19.7 Å². The van der Waals surface area contributed by atoms with E-state index in [0.29, 0.717) is 19.5 Å². The van der Waals surface area contributed by atoms with Crippen LogP contribution < -0.4 is 0 Å². The van der Waals surface area contributed by atoms with Crippen LogP contribution >= 0.6 is 0 Å². The van der Waals surface area contributed by atoms with Gasteiger partial charge in [-0.05, 0) is 46.0 Å². The Morgan fingerprint density at radius 2 is 1.71 bits per heavy atom. The normalized spacial score (nSPS) is 29.2. The van der Waals surface area contributed by atoms with Crippen LogP contribution in [0.1, 0.15) is 52.4 Å². The van der Waals surface area contributed by atoms with Crippen molar-refractivity contribution in [2.24, 2.45) is 0 Å². The fourth-order valence-electron chi connectivity index (χ4n) is 3.20. The Morgan fingerprint density at radius 3 is 2.33 bits per heavy atom. The quantitative estimate of drug-likeness (QED) is 0.737. The van der Waals surface area contributed by atoms with Crippen LogP contribution in [0.25, 0.3) is 0 Å². The van der Waals surface area contributed by atoms with Crippen LogP contribution in [0, 0.1) is 0 Å². The number of piperidine rings is 2. The first-order valence-electron chi connectivity index (χ1n) is 7.93. The van der Waals surface area contributed by atoms with Crippen molar-refractivity contribution in [1.29, 1.82) is 0 Å². The van der Waals surface area contributed by atoms with Crippen LogP contribution in [0.4, 0.5) is 0 Å². The zero-order valence-corrected chi connectivity index (χ0v) is 13.8. The smallest absolute Gasteiger partial charge is 0.324 e. The van der Waals surface area contributed by atoms with E-state index in [2.05, 4.69) is 0 Å². The highest BCUT2D eigenvalue weighted by Crippen LogP contribution is 2.28. The molecule has 21 heavy (non-hydrogen) atoms. The summed E-state index contributed by atoms with van der Waals surface area (Å²) in [5.41, 5.74) is 0. The van der Waals surface area contributed by atoms with Crippen LogP contribution in [-0.4, -0.2) is 54.8 Å². The topological polar surface area (TPSA) is 66.9 Å². The van der Waals surface area contributed by atoms with E-state index in [9.17, 15) is 13.2 Å². The van der Waals surface area contributed by atoms with E-state index in [1.165, 1.54) is 4.31 Å². The maximum Gasteiger partial charge on any atom is 0.324 e. The van der Waals surface area contributed by atoms with Gasteiger partial charge in [-0.2, -0.15) is 17.0 Å². The Bertz CT molecular complexity index is 466. The number of nitrogens with zero attached hydrogens (tertiary/aromatic N) is 2. The number of rotatable bonds is 4. The number of carbonyl (C=O) groups excluding carboxylic acids is 1. The monoisotopic (exact) mass is 318 g/mol. The number of esters is 1. The molecule has 0 spiro atoms. The van der Waals surface area contributed by atoms with Crippen molar-refractivity contribution in [3.63, 3.8) is 0 Å². The van der Waals surface area contributed by atoms with Crippen molar-refractivity contribution < 1.29 is 17.9 Å². The van der Waals surface area contributed by atoms with Gasteiger partial charge in [0.05, 0.1) is 6.61 Å². The van der Waals surface area contributed by atoms with Crippen LogP contribution in [0.3, 0.4) is 0 Å². The third-order valence-corrected chi connectivity index (χ3v) is 6.51. The molecule has 2 aliphatic heterocycles. The zero-order chi connectivity index (χ0) is 15.5. The lowest BCUT2D eigenvalue weighted by Gasteiger charge is -2.40. The van der Waals surface area contributed by atoms with Gasteiger partial charge in [0.15, 0.2) is 0 Å². The lowest BCUT2D eigenvalue weighted by molar-refractivity contribution is -0.148. The number of ether oxygens (including phenoxy) is 1. The minimum absolute atomic E-state index is 0.00789. The van der Waals surface area contributed by atoms with Gasteiger partial charge in [0.25, 0.3) is 10.2 Å². The molecule has 0 radical (unpaired) electrons.